The molecule has 1 aliphatic rings. The fourth-order valence-corrected chi connectivity index (χ4v) is 21.6. The summed E-state index contributed by atoms with van der Waals surface area (Å²) in [5.41, 5.74) is 20.0. The lowest BCUT2D eigenvalue weighted by Gasteiger charge is -2.29. The van der Waals surface area contributed by atoms with Crippen LogP contribution in [0.1, 0.15) is 30.4 Å². The van der Waals surface area contributed by atoms with Gasteiger partial charge in [0.05, 0.1) is 39.0 Å². The van der Waals surface area contributed by atoms with Gasteiger partial charge in [-0.3, -0.25) is 9.13 Å². The molecule has 0 bridgehead atoms. The molecule has 0 saturated carbocycles. The van der Waals surface area contributed by atoms with Crippen LogP contribution in [0.3, 0.4) is 0 Å². The van der Waals surface area contributed by atoms with Gasteiger partial charge in [0.1, 0.15) is 5.84 Å². The van der Waals surface area contributed by atoms with E-state index >= 15 is 0 Å². The summed E-state index contributed by atoms with van der Waals surface area (Å²) >= 11 is 0. The van der Waals surface area contributed by atoms with E-state index in [2.05, 4.69) is 416 Å². The van der Waals surface area contributed by atoms with Gasteiger partial charge in [0.2, 0.25) is 5.95 Å². The minimum atomic E-state index is -0.124. The minimum absolute atomic E-state index is 0.124. The SMILES string of the molecule is CCC1Cc2ccc3ccccc3c2N=C(n2c3cc4ccccc4cc3c3c4c5ccccc5c5ccccc5c4ccc32)C1c1ccc(-c2ccc(-c3ccc4cc5c6c7c8ccccc8c8ccccc8c7ccc6n(-c6nc(-c7cc(-c8ccccc8)cc(-c8ccccc8)c7)c7ccc8ccccc8c7n6)c5cc4c3)cc2)c2ccccc12. The Hall–Kier alpha value is -15.7. The van der Waals surface area contributed by atoms with E-state index in [0.29, 0.717) is 5.95 Å². The van der Waals surface area contributed by atoms with E-state index in [1.807, 2.05) is 0 Å². The molecule has 0 radical (unpaired) electrons. The lowest BCUT2D eigenvalue weighted by Crippen LogP contribution is -2.27. The summed E-state index contributed by atoms with van der Waals surface area (Å²) in [6, 6.07) is 150. The molecule has 0 amide bonds. The molecule has 0 N–H and O–H groups in total. The molecule has 572 valence electrons. The van der Waals surface area contributed by atoms with E-state index in [4.69, 9.17) is 15.0 Å². The van der Waals surface area contributed by atoms with Crippen molar-refractivity contribution in [2.24, 2.45) is 10.9 Å². The van der Waals surface area contributed by atoms with Crippen LogP contribution >= 0.6 is 0 Å². The average Bonchev–Trinajstić information content (AvgIpc) is 1.54. The topological polar surface area (TPSA) is 48.0 Å². The van der Waals surface area contributed by atoms with Crippen LogP contribution < -0.4 is 0 Å². The van der Waals surface area contributed by atoms with Crippen LogP contribution in [0.25, 0.3) is 235 Å². The van der Waals surface area contributed by atoms with E-state index in [9.17, 15) is 0 Å². The third-order valence-corrected chi connectivity index (χ3v) is 27.3. The standard InChI is InChI=1S/C118H75N5/c1-2-70-61-81-52-49-74-29-11-13-33-87(74)114(81)119-117(122-105-59-57-100-95-41-19-16-36-90(95)93-39-21-23-43-97(93)110(100)112(105)103-66-77-31-9-10-32-78(77)68-107(103)122)109(70)99-56-55-86(89-35-15-18-38-92(89)99)76-47-45-73(46-48-76)79-50-51-80-67-104-108(69-84(80)62-79)123(106-60-58-101-96-42-20-17-37-91(96)94-40-22-24-44-98(94)111(101)113(104)106)118-120-115(102-54-53-75-30-12-14-34-88(75)116(102)121-118)85-64-82(71-25-5-3-6-26-71)63-83(65-85)72-27-7-4-8-28-72/h3-60,62-70,109H,2,61H2,1H3. The van der Waals surface area contributed by atoms with Crippen molar-refractivity contribution in [2.45, 2.75) is 25.7 Å². The maximum atomic E-state index is 6.28. The van der Waals surface area contributed by atoms with Gasteiger partial charge in [-0.1, -0.05) is 347 Å². The van der Waals surface area contributed by atoms with Crippen LogP contribution in [-0.4, -0.2) is 24.9 Å². The van der Waals surface area contributed by atoms with Crippen molar-refractivity contribution in [3.05, 3.63) is 412 Å². The normalized spacial score (nSPS) is 13.9. The van der Waals surface area contributed by atoms with Gasteiger partial charge in [-0.05, 0) is 232 Å². The van der Waals surface area contributed by atoms with Gasteiger partial charge in [-0.15, -0.1) is 0 Å². The zero-order valence-corrected chi connectivity index (χ0v) is 67.4. The summed E-state index contributed by atoms with van der Waals surface area (Å²) in [4.78, 5) is 18.1. The summed E-state index contributed by atoms with van der Waals surface area (Å²) in [5.74, 6) is 1.72. The quantitative estimate of drug-likeness (QED) is 0.142. The molecule has 5 nitrogen and oxygen atoms in total. The smallest absolute Gasteiger partial charge is 0.235 e. The fraction of sp³-hybridized carbons (Fsp3) is 0.0424. The highest BCUT2D eigenvalue weighted by Crippen LogP contribution is 2.52. The molecule has 5 heteroatoms. The number of aliphatic imine (C=N–C) groups is 1. The van der Waals surface area contributed by atoms with Crippen molar-refractivity contribution in [2.75, 3.05) is 0 Å². The number of nitrogens with zero attached hydrogens (tertiary/aromatic N) is 5. The highest BCUT2D eigenvalue weighted by Gasteiger charge is 2.36. The zero-order chi connectivity index (χ0) is 80.6. The zero-order valence-electron chi connectivity index (χ0n) is 67.4. The predicted molar refractivity (Wildman–Crippen MR) is 522 cm³/mol. The summed E-state index contributed by atoms with van der Waals surface area (Å²) < 4.78 is 4.98. The number of aromatic nitrogens is 4. The van der Waals surface area contributed by atoms with E-state index in [0.717, 1.165) is 134 Å². The lowest BCUT2D eigenvalue weighted by atomic mass is 9.77. The summed E-state index contributed by atoms with van der Waals surface area (Å²) in [6.07, 6.45) is 1.82. The van der Waals surface area contributed by atoms with Crippen molar-refractivity contribution in [1.82, 2.24) is 19.1 Å². The Bertz CT molecular complexity index is 8770. The molecular formula is C118H75N5. The fourth-order valence-electron chi connectivity index (χ4n) is 21.6. The molecule has 0 fully saturated rings. The van der Waals surface area contributed by atoms with Crippen molar-refractivity contribution in [3.8, 4) is 61.7 Å². The minimum Gasteiger partial charge on any atom is -0.297 e. The van der Waals surface area contributed by atoms with Gasteiger partial charge < -0.3 is 0 Å². The molecule has 4 heterocycles. The van der Waals surface area contributed by atoms with Gasteiger partial charge in [-0.25, -0.2) is 15.0 Å². The van der Waals surface area contributed by atoms with E-state index < -0.39 is 0 Å². The van der Waals surface area contributed by atoms with Crippen LogP contribution in [0.4, 0.5) is 5.69 Å². The molecule has 0 aliphatic carbocycles. The first kappa shape index (κ1) is 69.3. The first-order valence-electron chi connectivity index (χ1n) is 43.1. The Morgan fingerprint density at radius 2 is 0.691 bits per heavy atom. The van der Waals surface area contributed by atoms with Crippen LogP contribution in [-0.2, 0) is 6.42 Å². The molecule has 26 rings (SSSR count). The van der Waals surface area contributed by atoms with Gasteiger partial charge >= 0.3 is 0 Å². The Kier molecular flexibility index (Phi) is 15.3. The Labute approximate surface area is 708 Å². The third-order valence-electron chi connectivity index (χ3n) is 27.3. The van der Waals surface area contributed by atoms with Crippen molar-refractivity contribution in [3.63, 3.8) is 0 Å². The summed E-state index contributed by atoms with van der Waals surface area (Å²) in [6.45, 7) is 2.40. The molecule has 0 spiro atoms. The summed E-state index contributed by atoms with van der Waals surface area (Å²) in [7, 11) is 0. The molecule has 0 saturated heterocycles. The predicted octanol–water partition coefficient (Wildman–Crippen LogP) is 31.8. The Morgan fingerprint density at radius 1 is 0.260 bits per heavy atom. The molecule has 2 atom stereocenters. The highest BCUT2D eigenvalue weighted by molar-refractivity contribution is 6.38. The molecule has 22 aromatic carbocycles. The second-order valence-electron chi connectivity index (χ2n) is 33.8. The number of benzene rings is 22. The number of hydrogen-bond acceptors (Lipinski definition) is 3. The van der Waals surface area contributed by atoms with Gasteiger partial charge in [0.25, 0.3) is 0 Å². The number of hydrogen-bond donors (Lipinski definition) is 0. The van der Waals surface area contributed by atoms with E-state index in [1.165, 1.54) is 130 Å². The van der Waals surface area contributed by atoms with Crippen LogP contribution in [0, 0.1) is 5.92 Å². The molecule has 3 aromatic heterocycles. The second-order valence-corrected chi connectivity index (χ2v) is 33.8. The second kappa shape index (κ2) is 27.2. The molecule has 2 unspecified atom stereocenters. The summed E-state index contributed by atoms with van der Waals surface area (Å²) in [5, 5.41) is 32.4. The Balaban J connectivity index is 0.649. The van der Waals surface area contributed by atoms with Crippen LogP contribution in [0.15, 0.2) is 405 Å². The molecule has 25 aromatic rings. The first-order valence-corrected chi connectivity index (χ1v) is 43.1. The van der Waals surface area contributed by atoms with E-state index in [-0.39, 0.29) is 11.8 Å². The maximum Gasteiger partial charge on any atom is 0.235 e. The lowest BCUT2D eigenvalue weighted by molar-refractivity contribution is 0.477. The highest BCUT2D eigenvalue weighted by atomic mass is 15.2. The van der Waals surface area contributed by atoms with Gasteiger partial charge in [0.15, 0.2) is 0 Å². The maximum absolute atomic E-state index is 6.28. The number of fused-ring (bicyclic) bond motifs is 29. The van der Waals surface area contributed by atoms with E-state index in [1.54, 1.807) is 0 Å². The average molecular weight is 1560 g/mol. The molecular weight excluding hydrogens is 1490 g/mol. The third kappa shape index (κ3) is 10.6. The largest absolute Gasteiger partial charge is 0.297 e. The molecule has 1 aliphatic heterocycles. The van der Waals surface area contributed by atoms with Crippen molar-refractivity contribution < 1.29 is 0 Å². The van der Waals surface area contributed by atoms with Crippen LogP contribution in [0.2, 0.25) is 0 Å². The van der Waals surface area contributed by atoms with Crippen molar-refractivity contribution >= 4 is 185 Å². The Morgan fingerprint density at radius 3 is 1.30 bits per heavy atom. The first-order chi connectivity index (χ1) is 60.9. The van der Waals surface area contributed by atoms with Crippen LogP contribution in [0.5, 0.6) is 0 Å². The monoisotopic (exact) mass is 1560 g/mol. The number of rotatable bonds is 8. The van der Waals surface area contributed by atoms with Crippen molar-refractivity contribution in [1.29, 1.82) is 0 Å². The molecule has 123 heavy (non-hydrogen) atoms. The van der Waals surface area contributed by atoms with Gasteiger partial charge in [-0.2, -0.15) is 0 Å². The van der Waals surface area contributed by atoms with Gasteiger partial charge in [0, 0.05) is 60.0 Å².